The maximum atomic E-state index is 10.8. The number of carboxylic acids is 1. The summed E-state index contributed by atoms with van der Waals surface area (Å²) in [5, 5.41) is 16.9. The number of non-ortho nitro benzene ring substituents is 1. The van der Waals surface area contributed by atoms with Crippen LogP contribution in [-0.4, -0.2) is 29.0 Å². The summed E-state index contributed by atoms with van der Waals surface area (Å²) >= 11 is 0. The normalized spacial score (nSPS) is 12.3. The molecule has 0 spiro atoms. The molecule has 0 saturated carbocycles. The van der Waals surface area contributed by atoms with Gasteiger partial charge in [0.2, 0.25) is 5.25 Å². The Bertz CT molecular complexity index is 553. The lowest BCUT2D eigenvalue weighted by Crippen LogP contribution is -2.21. The first-order valence-electron chi connectivity index (χ1n) is 4.17. The highest BCUT2D eigenvalue weighted by atomic mass is 35.5. The standard InChI is InChI=1S/C8H7NO7S.ClH/c10-8(11)7(17(14,15)16)5-1-3-6(4-2-5)9(12)13;/h1-4,7H,(H,10,11)(H,14,15,16);1H. The molecule has 0 aliphatic heterocycles. The van der Waals surface area contributed by atoms with Gasteiger partial charge in [-0.25, -0.2) is 0 Å². The second-order valence-corrected chi connectivity index (χ2v) is 4.58. The van der Waals surface area contributed by atoms with Crippen LogP contribution in [0.5, 0.6) is 0 Å². The predicted octanol–water partition coefficient (Wildman–Crippen LogP) is 1.03. The van der Waals surface area contributed by atoms with Crippen LogP contribution in [0.3, 0.4) is 0 Å². The van der Waals surface area contributed by atoms with Crippen molar-refractivity contribution in [1.29, 1.82) is 0 Å². The van der Waals surface area contributed by atoms with E-state index in [4.69, 9.17) is 9.66 Å². The highest BCUT2D eigenvalue weighted by molar-refractivity contribution is 7.86. The van der Waals surface area contributed by atoms with Crippen LogP contribution >= 0.6 is 12.4 Å². The van der Waals surface area contributed by atoms with Gasteiger partial charge in [0.1, 0.15) is 0 Å². The highest BCUT2D eigenvalue weighted by Gasteiger charge is 2.32. The smallest absolute Gasteiger partial charge is 0.329 e. The first-order chi connectivity index (χ1) is 7.73. The molecule has 1 aromatic rings. The molecule has 0 amide bonds. The van der Waals surface area contributed by atoms with E-state index in [1.807, 2.05) is 0 Å². The van der Waals surface area contributed by atoms with Gasteiger partial charge in [0.15, 0.2) is 0 Å². The van der Waals surface area contributed by atoms with E-state index in [0.717, 1.165) is 24.3 Å². The van der Waals surface area contributed by atoms with Crippen molar-refractivity contribution in [3.8, 4) is 0 Å². The summed E-state index contributed by atoms with van der Waals surface area (Å²) in [6.45, 7) is 0. The molecule has 2 N–H and O–H groups in total. The summed E-state index contributed by atoms with van der Waals surface area (Å²) in [5.41, 5.74) is -0.571. The van der Waals surface area contributed by atoms with Crippen LogP contribution in [0.4, 0.5) is 5.69 Å². The third-order valence-corrected chi connectivity index (χ3v) is 3.00. The molecule has 0 aromatic heterocycles. The molecule has 1 unspecified atom stereocenters. The first-order valence-corrected chi connectivity index (χ1v) is 5.67. The summed E-state index contributed by atoms with van der Waals surface area (Å²) in [7, 11) is -4.82. The number of rotatable bonds is 4. The lowest BCUT2D eigenvalue weighted by atomic mass is 10.1. The van der Waals surface area contributed by atoms with E-state index in [9.17, 15) is 23.3 Å². The van der Waals surface area contributed by atoms with Gasteiger partial charge in [0.25, 0.3) is 15.8 Å². The second-order valence-electron chi connectivity index (χ2n) is 3.08. The molecule has 10 heteroatoms. The third kappa shape index (κ3) is 3.65. The molecule has 0 aliphatic carbocycles. The number of aliphatic carboxylic acids is 1. The van der Waals surface area contributed by atoms with Gasteiger partial charge in [-0.05, 0) is 5.56 Å². The van der Waals surface area contributed by atoms with Crippen LogP contribution in [0.2, 0.25) is 0 Å². The summed E-state index contributed by atoms with van der Waals surface area (Å²) in [5.74, 6) is -1.76. The Kier molecular flexibility index (Phi) is 5.21. The lowest BCUT2D eigenvalue weighted by molar-refractivity contribution is -0.384. The zero-order valence-corrected chi connectivity index (χ0v) is 10.2. The number of halogens is 1. The molecule has 0 bridgehead atoms. The monoisotopic (exact) mass is 297 g/mol. The topological polar surface area (TPSA) is 135 Å². The fraction of sp³-hybridized carbons (Fsp3) is 0.125. The van der Waals surface area contributed by atoms with Crippen molar-refractivity contribution in [3.63, 3.8) is 0 Å². The predicted molar refractivity (Wildman–Crippen MR) is 62.3 cm³/mol. The second kappa shape index (κ2) is 5.76. The quantitative estimate of drug-likeness (QED) is 0.481. The molecule has 0 radical (unpaired) electrons. The fourth-order valence-corrected chi connectivity index (χ4v) is 1.97. The number of nitro groups is 1. The molecular weight excluding hydrogens is 290 g/mol. The largest absolute Gasteiger partial charge is 0.480 e. The molecule has 18 heavy (non-hydrogen) atoms. The summed E-state index contributed by atoms with van der Waals surface area (Å²) in [4.78, 5) is 20.3. The van der Waals surface area contributed by atoms with E-state index in [-0.39, 0.29) is 23.7 Å². The highest BCUT2D eigenvalue weighted by Crippen LogP contribution is 2.23. The number of nitro benzene ring substituents is 1. The molecule has 8 nitrogen and oxygen atoms in total. The van der Waals surface area contributed by atoms with E-state index in [0.29, 0.717) is 0 Å². The van der Waals surface area contributed by atoms with Crippen molar-refractivity contribution >= 4 is 34.2 Å². The molecular formula is C8H8ClNO7S. The Hall–Kier alpha value is -1.71. The number of nitrogens with zero attached hydrogens (tertiary/aromatic N) is 1. The Morgan fingerprint density at radius 2 is 1.72 bits per heavy atom. The van der Waals surface area contributed by atoms with Gasteiger partial charge < -0.3 is 5.11 Å². The molecule has 1 atom stereocenters. The minimum atomic E-state index is -4.82. The molecule has 0 aliphatic rings. The number of hydrogen-bond donors (Lipinski definition) is 2. The fourth-order valence-electron chi connectivity index (χ4n) is 1.21. The Morgan fingerprint density at radius 3 is 2.00 bits per heavy atom. The maximum absolute atomic E-state index is 10.8. The van der Waals surface area contributed by atoms with Crippen LogP contribution < -0.4 is 0 Å². The van der Waals surface area contributed by atoms with Gasteiger partial charge in [-0.3, -0.25) is 19.5 Å². The first kappa shape index (κ1) is 16.3. The summed E-state index contributed by atoms with van der Waals surface area (Å²) < 4.78 is 30.4. The number of hydrogen-bond acceptors (Lipinski definition) is 5. The van der Waals surface area contributed by atoms with Crippen LogP contribution in [-0.2, 0) is 14.9 Å². The molecule has 0 fully saturated rings. The molecule has 0 heterocycles. The summed E-state index contributed by atoms with van der Waals surface area (Å²) in [6.07, 6.45) is 0. The van der Waals surface area contributed by atoms with E-state index in [2.05, 4.69) is 0 Å². The molecule has 1 rings (SSSR count). The Labute approximate surface area is 108 Å². The van der Waals surface area contributed by atoms with Crippen molar-refractivity contribution in [1.82, 2.24) is 0 Å². The van der Waals surface area contributed by atoms with Crippen LogP contribution in [0.1, 0.15) is 10.8 Å². The minimum absolute atomic E-state index is 0. The van der Waals surface area contributed by atoms with Gasteiger partial charge >= 0.3 is 5.97 Å². The van der Waals surface area contributed by atoms with Gasteiger partial charge in [0, 0.05) is 12.1 Å². The van der Waals surface area contributed by atoms with Crippen molar-refractivity contribution in [3.05, 3.63) is 39.9 Å². The number of carboxylic acid groups (broad SMARTS) is 1. The van der Waals surface area contributed by atoms with E-state index < -0.39 is 26.3 Å². The van der Waals surface area contributed by atoms with Crippen molar-refractivity contribution in [2.24, 2.45) is 0 Å². The average Bonchev–Trinajstić information content (AvgIpc) is 2.15. The number of benzene rings is 1. The third-order valence-electron chi connectivity index (χ3n) is 1.93. The van der Waals surface area contributed by atoms with Crippen LogP contribution in [0, 0.1) is 10.1 Å². The maximum Gasteiger partial charge on any atom is 0.329 e. The lowest BCUT2D eigenvalue weighted by Gasteiger charge is -2.08. The van der Waals surface area contributed by atoms with E-state index in [1.165, 1.54) is 0 Å². The van der Waals surface area contributed by atoms with Crippen molar-refractivity contribution in [2.45, 2.75) is 5.25 Å². The molecule has 100 valence electrons. The molecule has 1 aromatic carbocycles. The molecule has 0 saturated heterocycles. The van der Waals surface area contributed by atoms with Gasteiger partial charge in [-0.2, -0.15) is 8.42 Å². The minimum Gasteiger partial charge on any atom is -0.480 e. The average molecular weight is 298 g/mol. The van der Waals surface area contributed by atoms with Crippen molar-refractivity contribution < 1.29 is 27.8 Å². The van der Waals surface area contributed by atoms with Crippen LogP contribution in [0.25, 0.3) is 0 Å². The Balaban J connectivity index is 0.00000289. The Morgan fingerprint density at radius 1 is 1.28 bits per heavy atom. The number of carbonyl (C=O) groups is 1. The van der Waals surface area contributed by atoms with Gasteiger partial charge in [-0.1, -0.05) is 12.1 Å². The SMILES string of the molecule is Cl.O=C(O)C(c1ccc([N+](=O)[O-])cc1)S(=O)(=O)O. The van der Waals surface area contributed by atoms with E-state index >= 15 is 0 Å². The van der Waals surface area contributed by atoms with Gasteiger partial charge in [-0.15, -0.1) is 12.4 Å². The zero-order chi connectivity index (χ0) is 13.2. The van der Waals surface area contributed by atoms with Crippen LogP contribution in [0.15, 0.2) is 24.3 Å². The van der Waals surface area contributed by atoms with E-state index in [1.54, 1.807) is 0 Å². The zero-order valence-electron chi connectivity index (χ0n) is 8.59. The summed E-state index contributed by atoms with van der Waals surface area (Å²) in [6, 6.07) is 3.84. The van der Waals surface area contributed by atoms with Crippen molar-refractivity contribution in [2.75, 3.05) is 0 Å². The van der Waals surface area contributed by atoms with Gasteiger partial charge in [0.05, 0.1) is 4.92 Å².